The van der Waals surface area contributed by atoms with Crippen molar-refractivity contribution in [3.8, 4) is 11.4 Å². The van der Waals surface area contributed by atoms with Gasteiger partial charge in [-0.1, -0.05) is 12.1 Å². The number of phenols is 1. The Kier molecular flexibility index (Phi) is 2.09. The van der Waals surface area contributed by atoms with Crippen LogP contribution in [0.4, 0.5) is 5.82 Å². The molecule has 3 N–H and O–H groups in total. The highest BCUT2D eigenvalue weighted by molar-refractivity contribution is 5.55. The van der Waals surface area contributed by atoms with Crippen molar-refractivity contribution in [2.75, 3.05) is 12.8 Å². The lowest BCUT2D eigenvalue weighted by molar-refractivity contribution is 0.347. The molecule has 0 atom stereocenters. The summed E-state index contributed by atoms with van der Waals surface area (Å²) in [6.07, 6.45) is 0. The molecule has 2 aromatic rings. The molecule has 5 nitrogen and oxygen atoms in total. The quantitative estimate of drug-likeness (QED) is 0.770. The first-order chi connectivity index (χ1) is 8.16. The molecule has 0 unspecified atom stereocenters. The van der Waals surface area contributed by atoms with E-state index in [0.717, 1.165) is 24.3 Å². The molecule has 0 aliphatic carbocycles. The van der Waals surface area contributed by atoms with Crippen LogP contribution in [-0.4, -0.2) is 26.8 Å². The fourth-order valence-electron chi connectivity index (χ4n) is 2.22. The van der Waals surface area contributed by atoms with Gasteiger partial charge in [-0.2, -0.15) is 5.10 Å². The van der Waals surface area contributed by atoms with Crippen LogP contribution >= 0.6 is 0 Å². The van der Waals surface area contributed by atoms with Crippen molar-refractivity contribution in [2.24, 2.45) is 0 Å². The number of benzene rings is 1. The predicted molar refractivity (Wildman–Crippen MR) is 64.8 cm³/mol. The normalized spacial score (nSPS) is 15.1. The second-order valence-electron chi connectivity index (χ2n) is 4.38. The van der Waals surface area contributed by atoms with Gasteiger partial charge in [0.1, 0.15) is 17.3 Å². The number of hydrogen-bond acceptors (Lipinski definition) is 4. The summed E-state index contributed by atoms with van der Waals surface area (Å²) >= 11 is 0. The number of aromatic nitrogens is 2. The van der Waals surface area contributed by atoms with Gasteiger partial charge >= 0.3 is 0 Å². The molecule has 2 heterocycles. The molecule has 0 fully saturated rings. The number of phenolic OH excluding ortho intramolecular Hbond substituents is 1. The van der Waals surface area contributed by atoms with Crippen LogP contribution in [-0.2, 0) is 13.1 Å². The maximum absolute atomic E-state index is 9.80. The third-order valence-corrected chi connectivity index (χ3v) is 3.06. The van der Waals surface area contributed by atoms with Crippen LogP contribution in [0.15, 0.2) is 24.3 Å². The second kappa shape index (κ2) is 3.49. The molecule has 1 aromatic carbocycles. The standard InChI is InChI=1S/C12H14N4O/c1-15-6-8-9(7-15)14-16(12(8)13)10-4-2-3-5-11(10)17/h2-5,17H,6-7,13H2,1H3. The van der Waals surface area contributed by atoms with Gasteiger partial charge in [-0.05, 0) is 19.2 Å². The van der Waals surface area contributed by atoms with E-state index in [1.54, 1.807) is 22.9 Å². The third-order valence-electron chi connectivity index (χ3n) is 3.06. The Bertz CT molecular complexity index is 576. The number of rotatable bonds is 1. The van der Waals surface area contributed by atoms with Gasteiger partial charge in [0.05, 0.1) is 5.69 Å². The van der Waals surface area contributed by atoms with Gasteiger partial charge in [-0.25, -0.2) is 4.68 Å². The van der Waals surface area contributed by atoms with Crippen LogP contribution in [0.5, 0.6) is 5.75 Å². The van der Waals surface area contributed by atoms with Gasteiger partial charge in [-0.15, -0.1) is 0 Å². The molecule has 1 aromatic heterocycles. The zero-order valence-electron chi connectivity index (χ0n) is 9.59. The second-order valence-corrected chi connectivity index (χ2v) is 4.38. The van der Waals surface area contributed by atoms with Crippen LogP contribution in [0.3, 0.4) is 0 Å². The van der Waals surface area contributed by atoms with E-state index in [1.165, 1.54) is 0 Å². The largest absolute Gasteiger partial charge is 0.506 e. The molecular weight excluding hydrogens is 216 g/mol. The van der Waals surface area contributed by atoms with Crippen molar-refractivity contribution < 1.29 is 5.11 Å². The first-order valence-electron chi connectivity index (χ1n) is 5.50. The highest BCUT2D eigenvalue weighted by Crippen LogP contribution is 2.30. The Morgan fingerprint density at radius 1 is 1.29 bits per heavy atom. The molecule has 17 heavy (non-hydrogen) atoms. The minimum absolute atomic E-state index is 0.189. The molecule has 0 bridgehead atoms. The number of anilines is 1. The number of nitrogens with zero attached hydrogens (tertiary/aromatic N) is 3. The molecule has 0 saturated heterocycles. The summed E-state index contributed by atoms with van der Waals surface area (Å²) in [5.74, 6) is 0.805. The van der Waals surface area contributed by atoms with Crippen molar-refractivity contribution in [2.45, 2.75) is 13.1 Å². The molecule has 0 radical (unpaired) electrons. The van der Waals surface area contributed by atoms with Crippen molar-refractivity contribution in [3.05, 3.63) is 35.5 Å². The van der Waals surface area contributed by atoms with Gasteiger partial charge in [0.2, 0.25) is 0 Å². The Morgan fingerprint density at radius 2 is 2.06 bits per heavy atom. The van der Waals surface area contributed by atoms with Crippen LogP contribution < -0.4 is 5.73 Å². The molecule has 5 heteroatoms. The smallest absolute Gasteiger partial charge is 0.141 e. The maximum Gasteiger partial charge on any atom is 0.141 e. The summed E-state index contributed by atoms with van der Waals surface area (Å²) in [6, 6.07) is 7.07. The molecule has 1 aliphatic heterocycles. The van der Waals surface area contributed by atoms with Gasteiger partial charge in [-0.3, -0.25) is 4.90 Å². The van der Waals surface area contributed by atoms with Gasteiger partial charge in [0.25, 0.3) is 0 Å². The number of nitrogens with two attached hydrogens (primary N) is 1. The zero-order valence-corrected chi connectivity index (χ0v) is 9.59. The van der Waals surface area contributed by atoms with E-state index in [1.807, 2.05) is 13.1 Å². The van der Waals surface area contributed by atoms with Crippen molar-refractivity contribution in [3.63, 3.8) is 0 Å². The first-order valence-corrected chi connectivity index (χ1v) is 5.50. The molecule has 3 rings (SSSR count). The van der Waals surface area contributed by atoms with Crippen LogP contribution in [0.2, 0.25) is 0 Å². The fourth-order valence-corrected chi connectivity index (χ4v) is 2.22. The topological polar surface area (TPSA) is 67.3 Å². The minimum atomic E-state index is 0.189. The molecule has 0 amide bonds. The molecule has 88 valence electrons. The van der Waals surface area contributed by atoms with E-state index in [-0.39, 0.29) is 5.75 Å². The Labute approximate surface area is 99.1 Å². The summed E-state index contributed by atoms with van der Waals surface area (Å²) in [4.78, 5) is 2.16. The van der Waals surface area contributed by atoms with E-state index >= 15 is 0 Å². The zero-order chi connectivity index (χ0) is 12.0. The van der Waals surface area contributed by atoms with Gasteiger partial charge < -0.3 is 10.8 Å². The Balaban J connectivity index is 2.13. The highest BCUT2D eigenvalue weighted by atomic mass is 16.3. The summed E-state index contributed by atoms with van der Waals surface area (Å²) < 4.78 is 1.62. The lowest BCUT2D eigenvalue weighted by atomic mass is 10.2. The fraction of sp³-hybridized carbons (Fsp3) is 0.250. The molecular formula is C12H14N4O. The SMILES string of the molecule is CN1Cc2nn(-c3ccccc3O)c(N)c2C1. The Hall–Kier alpha value is -2.01. The summed E-state index contributed by atoms with van der Waals surface area (Å²) in [7, 11) is 2.03. The maximum atomic E-state index is 9.80. The van der Waals surface area contributed by atoms with Crippen molar-refractivity contribution in [1.29, 1.82) is 0 Å². The minimum Gasteiger partial charge on any atom is -0.506 e. The molecule has 0 spiro atoms. The highest BCUT2D eigenvalue weighted by Gasteiger charge is 2.24. The lowest BCUT2D eigenvalue weighted by Crippen LogP contribution is -2.12. The average Bonchev–Trinajstić information content (AvgIpc) is 2.79. The van der Waals surface area contributed by atoms with Crippen molar-refractivity contribution in [1.82, 2.24) is 14.7 Å². The number of fused-ring (bicyclic) bond motifs is 1. The van der Waals surface area contributed by atoms with E-state index in [9.17, 15) is 5.11 Å². The first kappa shape index (κ1) is 10.2. The monoisotopic (exact) mass is 230 g/mol. The number of nitrogen functional groups attached to an aromatic ring is 1. The van der Waals surface area contributed by atoms with Crippen LogP contribution in [0, 0.1) is 0 Å². The van der Waals surface area contributed by atoms with E-state index < -0.39 is 0 Å². The van der Waals surface area contributed by atoms with E-state index in [0.29, 0.717) is 11.5 Å². The number of aromatic hydroxyl groups is 1. The van der Waals surface area contributed by atoms with Crippen molar-refractivity contribution >= 4 is 5.82 Å². The molecule has 0 saturated carbocycles. The van der Waals surface area contributed by atoms with E-state index in [2.05, 4.69) is 10.00 Å². The Morgan fingerprint density at radius 3 is 2.76 bits per heavy atom. The summed E-state index contributed by atoms with van der Waals surface area (Å²) in [6.45, 7) is 1.62. The molecule has 1 aliphatic rings. The predicted octanol–water partition coefficient (Wildman–Crippen LogP) is 1.11. The average molecular weight is 230 g/mol. The summed E-state index contributed by atoms with van der Waals surface area (Å²) in [5.41, 5.74) is 8.77. The van der Waals surface area contributed by atoms with Crippen LogP contribution in [0.1, 0.15) is 11.3 Å². The number of para-hydroxylation sites is 2. The lowest BCUT2D eigenvalue weighted by Gasteiger charge is -2.10. The summed E-state index contributed by atoms with van der Waals surface area (Å²) in [5, 5.41) is 14.3. The van der Waals surface area contributed by atoms with Gasteiger partial charge in [0, 0.05) is 18.7 Å². The third kappa shape index (κ3) is 1.47. The number of hydrogen-bond donors (Lipinski definition) is 2. The van der Waals surface area contributed by atoms with Gasteiger partial charge in [0.15, 0.2) is 0 Å². The van der Waals surface area contributed by atoms with E-state index in [4.69, 9.17) is 5.73 Å². The van der Waals surface area contributed by atoms with Crippen LogP contribution in [0.25, 0.3) is 5.69 Å².